The largest absolute Gasteiger partial charge is 0.497 e. The Morgan fingerprint density at radius 3 is 2.05 bits per heavy atom. The number of hydrogen-bond donors (Lipinski definition) is 2. The van der Waals surface area contributed by atoms with Crippen molar-refractivity contribution in [1.82, 2.24) is 10.4 Å². The van der Waals surface area contributed by atoms with Crippen molar-refractivity contribution in [2.45, 2.75) is 12.5 Å². The Bertz CT molecular complexity index is 1320. The zero-order chi connectivity index (χ0) is 26.5. The van der Waals surface area contributed by atoms with Gasteiger partial charge in [0.15, 0.2) is 0 Å². The Kier molecular flexibility index (Phi) is 7.63. The van der Waals surface area contributed by atoms with E-state index in [0.717, 1.165) is 0 Å². The minimum absolute atomic E-state index is 0.00314. The van der Waals surface area contributed by atoms with Crippen molar-refractivity contribution < 1.29 is 28.2 Å². The topological polar surface area (TPSA) is 100 Å². The fourth-order valence-electron chi connectivity index (χ4n) is 3.71. The van der Waals surface area contributed by atoms with Crippen LogP contribution in [0.1, 0.15) is 16.8 Å². The van der Waals surface area contributed by atoms with Gasteiger partial charge in [0.05, 0.1) is 26.3 Å². The molecular weight excluding hydrogens is 499 g/mol. The van der Waals surface area contributed by atoms with Gasteiger partial charge in [-0.15, -0.1) is 0 Å². The summed E-state index contributed by atoms with van der Waals surface area (Å²) in [6.45, 7) is 0. The Morgan fingerprint density at radius 1 is 0.919 bits per heavy atom. The second-order valence-electron chi connectivity index (χ2n) is 7.97. The number of rotatable bonds is 8. The lowest BCUT2D eigenvalue weighted by Gasteiger charge is -2.24. The summed E-state index contributed by atoms with van der Waals surface area (Å²) >= 11 is 5.56. The fourth-order valence-corrected chi connectivity index (χ4v) is 4.07. The summed E-state index contributed by atoms with van der Waals surface area (Å²) in [5.41, 5.74) is 3.76. The maximum absolute atomic E-state index is 13.5. The van der Waals surface area contributed by atoms with Gasteiger partial charge < -0.3 is 14.8 Å². The van der Waals surface area contributed by atoms with E-state index in [1.165, 1.54) is 48.4 Å². The van der Waals surface area contributed by atoms with E-state index >= 15 is 0 Å². The number of anilines is 2. The van der Waals surface area contributed by atoms with E-state index < -0.39 is 29.6 Å². The minimum atomic E-state index is -1.13. The molecule has 0 aliphatic carbocycles. The lowest BCUT2D eigenvalue weighted by molar-refractivity contribution is -0.124. The molecular formula is C26H23FN4O5S. The zero-order valence-corrected chi connectivity index (χ0v) is 20.8. The van der Waals surface area contributed by atoms with Crippen LogP contribution < -0.4 is 25.1 Å². The number of ether oxygens (including phenoxy) is 2. The monoisotopic (exact) mass is 522 g/mol. The number of benzene rings is 3. The van der Waals surface area contributed by atoms with Crippen molar-refractivity contribution in [1.29, 1.82) is 0 Å². The lowest BCUT2D eigenvalue weighted by Crippen LogP contribution is -2.49. The predicted octanol–water partition coefficient (Wildman–Crippen LogP) is 3.52. The highest BCUT2D eigenvalue weighted by atomic mass is 32.1. The molecule has 1 atom stereocenters. The molecule has 3 aromatic carbocycles. The van der Waals surface area contributed by atoms with Gasteiger partial charge in [-0.2, -0.15) is 0 Å². The van der Waals surface area contributed by atoms with E-state index in [2.05, 4.69) is 10.7 Å². The molecule has 3 amide bonds. The first-order chi connectivity index (χ1) is 17.8. The number of halogens is 1. The van der Waals surface area contributed by atoms with E-state index in [-0.39, 0.29) is 11.5 Å². The van der Waals surface area contributed by atoms with Crippen LogP contribution in [-0.2, 0) is 9.59 Å². The van der Waals surface area contributed by atoms with E-state index in [0.29, 0.717) is 28.4 Å². The average molecular weight is 523 g/mol. The van der Waals surface area contributed by atoms with Crippen LogP contribution in [0.25, 0.3) is 0 Å². The van der Waals surface area contributed by atoms with Gasteiger partial charge in [-0.25, -0.2) is 9.40 Å². The van der Waals surface area contributed by atoms with E-state index in [1.807, 2.05) is 0 Å². The number of nitrogens with zero attached hydrogens (tertiary/aromatic N) is 2. The van der Waals surface area contributed by atoms with Gasteiger partial charge in [-0.3, -0.25) is 24.7 Å². The maximum atomic E-state index is 13.5. The van der Waals surface area contributed by atoms with Gasteiger partial charge in [0.2, 0.25) is 11.0 Å². The highest BCUT2D eigenvalue weighted by Gasteiger charge is 2.45. The molecule has 1 saturated heterocycles. The van der Waals surface area contributed by atoms with Crippen LogP contribution in [0, 0.1) is 5.82 Å². The van der Waals surface area contributed by atoms with Crippen LogP contribution in [-0.4, -0.2) is 48.1 Å². The number of hydrogen-bond acceptors (Lipinski definition) is 6. The highest BCUT2D eigenvalue weighted by molar-refractivity contribution is 7.80. The van der Waals surface area contributed by atoms with Crippen LogP contribution in [0.3, 0.4) is 0 Å². The smallest absolute Gasteiger partial charge is 0.269 e. The molecule has 0 bridgehead atoms. The van der Waals surface area contributed by atoms with Crippen molar-refractivity contribution in [3.05, 3.63) is 84.2 Å². The number of amides is 3. The number of methoxy groups -OCH3 is 2. The van der Waals surface area contributed by atoms with Crippen LogP contribution in [0.5, 0.6) is 11.5 Å². The molecule has 11 heteroatoms. The molecule has 190 valence electrons. The molecule has 1 heterocycles. The van der Waals surface area contributed by atoms with Crippen molar-refractivity contribution >= 4 is 46.4 Å². The van der Waals surface area contributed by atoms with E-state index in [4.69, 9.17) is 21.7 Å². The molecule has 1 aliphatic heterocycles. The van der Waals surface area contributed by atoms with Crippen LogP contribution in [0.4, 0.5) is 15.8 Å². The molecule has 3 aromatic rings. The summed E-state index contributed by atoms with van der Waals surface area (Å²) < 4.78 is 23.5. The summed E-state index contributed by atoms with van der Waals surface area (Å²) in [5, 5.41) is 3.83. The molecule has 1 unspecified atom stereocenters. The lowest BCUT2D eigenvalue weighted by atomic mass is 10.1. The van der Waals surface area contributed by atoms with Gasteiger partial charge in [-0.05, 0) is 85.0 Å². The molecule has 4 rings (SSSR count). The Hall–Kier alpha value is -4.51. The second-order valence-corrected chi connectivity index (χ2v) is 8.33. The van der Waals surface area contributed by atoms with E-state index in [1.54, 1.807) is 48.5 Å². The number of thiocarbonyl (C=S) groups is 1. The van der Waals surface area contributed by atoms with Crippen molar-refractivity contribution in [3.63, 3.8) is 0 Å². The molecule has 0 spiro atoms. The molecule has 9 nitrogen and oxygen atoms in total. The van der Waals surface area contributed by atoms with Gasteiger partial charge in [0, 0.05) is 11.3 Å². The molecule has 0 radical (unpaired) electrons. The first kappa shape index (κ1) is 25.6. The average Bonchev–Trinajstić information content (AvgIpc) is 3.13. The minimum Gasteiger partial charge on any atom is -0.497 e. The number of carbonyl (C=O) groups is 3. The quantitative estimate of drug-likeness (QED) is 0.437. The molecule has 1 fully saturated rings. The zero-order valence-electron chi connectivity index (χ0n) is 19.9. The van der Waals surface area contributed by atoms with Gasteiger partial charge >= 0.3 is 0 Å². The summed E-state index contributed by atoms with van der Waals surface area (Å²) in [6, 6.07) is 17.1. The number of hydrazine groups is 1. The molecule has 0 saturated carbocycles. The summed E-state index contributed by atoms with van der Waals surface area (Å²) in [4.78, 5) is 40.5. The summed E-state index contributed by atoms with van der Waals surface area (Å²) in [7, 11) is 3.03. The van der Waals surface area contributed by atoms with Crippen molar-refractivity contribution in [3.8, 4) is 11.5 Å². The fraction of sp³-hybridized carbons (Fsp3) is 0.154. The maximum Gasteiger partial charge on any atom is 0.269 e. The standard InChI is InChI=1S/C26H23FN4O5S/c1-35-20-11-3-16(4-12-20)24(33)29-31-22(15-23(32)28-18-7-5-17(27)6-8-18)25(34)30(26(31)37)19-9-13-21(36-2)14-10-19/h3-14,22H,15H2,1-2H3,(H,28,32)(H,29,33). The third-order valence-corrected chi connectivity index (χ3v) is 6.01. The number of nitrogens with one attached hydrogen (secondary N) is 2. The predicted molar refractivity (Wildman–Crippen MR) is 139 cm³/mol. The SMILES string of the molecule is COc1ccc(C(=O)NN2C(=S)N(c3ccc(OC)cc3)C(=O)C2CC(=O)Nc2ccc(F)cc2)cc1. The van der Waals surface area contributed by atoms with Gasteiger partial charge in [0.1, 0.15) is 23.4 Å². The van der Waals surface area contributed by atoms with Gasteiger partial charge in [-0.1, -0.05) is 0 Å². The molecule has 37 heavy (non-hydrogen) atoms. The Labute approximate surface area is 217 Å². The van der Waals surface area contributed by atoms with Crippen molar-refractivity contribution in [2.24, 2.45) is 0 Å². The Balaban J connectivity index is 1.59. The van der Waals surface area contributed by atoms with Crippen LogP contribution in [0.15, 0.2) is 72.8 Å². The third-order valence-electron chi connectivity index (χ3n) is 5.63. The normalized spacial score (nSPS) is 14.9. The van der Waals surface area contributed by atoms with Crippen LogP contribution in [0.2, 0.25) is 0 Å². The van der Waals surface area contributed by atoms with Crippen LogP contribution >= 0.6 is 12.2 Å². The third kappa shape index (κ3) is 5.67. The van der Waals surface area contributed by atoms with E-state index in [9.17, 15) is 18.8 Å². The Morgan fingerprint density at radius 2 is 1.49 bits per heavy atom. The number of carbonyl (C=O) groups excluding carboxylic acids is 3. The molecule has 1 aliphatic rings. The highest BCUT2D eigenvalue weighted by Crippen LogP contribution is 2.28. The second kappa shape index (κ2) is 11.0. The summed E-state index contributed by atoms with van der Waals surface area (Å²) in [5.74, 6) is -0.840. The summed E-state index contributed by atoms with van der Waals surface area (Å²) in [6.07, 6.45) is -0.327. The first-order valence-corrected chi connectivity index (χ1v) is 11.5. The molecule has 0 aromatic heterocycles. The van der Waals surface area contributed by atoms with Crippen molar-refractivity contribution in [2.75, 3.05) is 24.4 Å². The van der Waals surface area contributed by atoms with Gasteiger partial charge in [0.25, 0.3) is 11.8 Å². The first-order valence-electron chi connectivity index (χ1n) is 11.1. The molecule has 2 N–H and O–H groups in total.